The van der Waals surface area contributed by atoms with Crippen LogP contribution in [0.4, 0.5) is 5.69 Å². The third-order valence-corrected chi connectivity index (χ3v) is 5.39. The van der Waals surface area contributed by atoms with Crippen molar-refractivity contribution in [1.82, 2.24) is 10.2 Å². The molecule has 150 valence electrons. The van der Waals surface area contributed by atoms with Gasteiger partial charge < -0.3 is 15.0 Å². The van der Waals surface area contributed by atoms with Crippen LogP contribution in [0.25, 0.3) is 0 Å². The standard InChI is InChI=1S/C23H31N3O2/c1-25(2)22-6-4-5-19(15-22)16-24-21-11-13-26(14-12-21)17-18-7-9-20(10-8-18)23(27)28-3/h4-10,15,21,24H,11-14,16-17H2,1-3H3. The molecule has 0 aromatic heterocycles. The highest BCUT2D eigenvalue weighted by molar-refractivity contribution is 5.89. The van der Waals surface area contributed by atoms with Gasteiger partial charge >= 0.3 is 5.97 Å². The van der Waals surface area contributed by atoms with Crippen molar-refractivity contribution < 1.29 is 9.53 Å². The smallest absolute Gasteiger partial charge is 0.337 e. The SMILES string of the molecule is COC(=O)c1ccc(CN2CCC(NCc3cccc(N(C)C)c3)CC2)cc1. The molecule has 1 saturated heterocycles. The number of nitrogens with one attached hydrogen (secondary N) is 1. The summed E-state index contributed by atoms with van der Waals surface area (Å²) in [7, 11) is 5.56. The van der Waals surface area contributed by atoms with Gasteiger partial charge in [-0.05, 0) is 61.3 Å². The van der Waals surface area contributed by atoms with Crippen molar-refractivity contribution in [2.24, 2.45) is 0 Å². The average Bonchev–Trinajstić information content (AvgIpc) is 2.73. The number of hydrogen-bond acceptors (Lipinski definition) is 5. The minimum absolute atomic E-state index is 0.283. The predicted molar refractivity (Wildman–Crippen MR) is 114 cm³/mol. The fourth-order valence-electron chi connectivity index (χ4n) is 3.62. The molecule has 0 atom stereocenters. The van der Waals surface area contributed by atoms with E-state index >= 15 is 0 Å². The largest absolute Gasteiger partial charge is 0.465 e. The van der Waals surface area contributed by atoms with Crippen LogP contribution in [0.5, 0.6) is 0 Å². The maximum atomic E-state index is 11.5. The van der Waals surface area contributed by atoms with Gasteiger partial charge in [-0.3, -0.25) is 4.90 Å². The van der Waals surface area contributed by atoms with Gasteiger partial charge in [0.25, 0.3) is 0 Å². The van der Waals surface area contributed by atoms with Crippen LogP contribution in [0.3, 0.4) is 0 Å². The Morgan fingerprint density at radius 3 is 2.46 bits per heavy atom. The highest BCUT2D eigenvalue weighted by Crippen LogP contribution is 2.17. The van der Waals surface area contributed by atoms with E-state index in [-0.39, 0.29) is 5.97 Å². The van der Waals surface area contributed by atoms with Crippen LogP contribution in [0.15, 0.2) is 48.5 Å². The molecule has 0 amide bonds. The molecule has 1 heterocycles. The number of methoxy groups -OCH3 is 1. The van der Waals surface area contributed by atoms with Gasteiger partial charge in [0.15, 0.2) is 0 Å². The van der Waals surface area contributed by atoms with E-state index in [1.54, 1.807) is 0 Å². The molecule has 0 aliphatic carbocycles. The molecule has 0 radical (unpaired) electrons. The molecule has 1 aliphatic rings. The third kappa shape index (κ3) is 5.57. The van der Waals surface area contributed by atoms with E-state index < -0.39 is 0 Å². The lowest BCUT2D eigenvalue weighted by atomic mass is 10.0. The van der Waals surface area contributed by atoms with E-state index in [2.05, 4.69) is 53.5 Å². The molecule has 0 spiro atoms. The van der Waals surface area contributed by atoms with Crippen molar-refractivity contribution in [3.05, 3.63) is 65.2 Å². The van der Waals surface area contributed by atoms with Crippen molar-refractivity contribution >= 4 is 11.7 Å². The first-order valence-electron chi connectivity index (χ1n) is 9.94. The second-order valence-electron chi connectivity index (χ2n) is 7.68. The van der Waals surface area contributed by atoms with Gasteiger partial charge in [0, 0.05) is 38.9 Å². The zero-order valence-corrected chi connectivity index (χ0v) is 17.1. The minimum Gasteiger partial charge on any atom is -0.465 e. The number of anilines is 1. The number of rotatable bonds is 7. The Balaban J connectivity index is 1.43. The van der Waals surface area contributed by atoms with E-state index in [0.717, 1.165) is 39.0 Å². The van der Waals surface area contributed by atoms with Gasteiger partial charge in [-0.25, -0.2) is 4.79 Å². The van der Waals surface area contributed by atoms with Gasteiger partial charge in [-0.15, -0.1) is 0 Å². The molecule has 1 aliphatic heterocycles. The molecule has 28 heavy (non-hydrogen) atoms. The summed E-state index contributed by atoms with van der Waals surface area (Å²) in [5, 5.41) is 3.72. The molecule has 2 aromatic rings. The van der Waals surface area contributed by atoms with E-state index in [4.69, 9.17) is 4.74 Å². The third-order valence-electron chi connectivity index (χ3n) is 5.39. The van der Waals surface area contributed by atoms with Crippen molar-refractivity contribution in [3.63, 3.8) is 0 Å². The fraction of sp³-hybridized carbons (Fsp3) is 0.435. The lowest BCUT2D eigenvalue weighted by molar-refractivity contribution is 0.0600. The Morgan fingerprint density at radius 2 is 1.82 bits per heavy atom. The number of hydrogen-bond donors (Lipinski definition) is 1. The molecule has 5 heteroatoms. The highest BCUT2D eigenvalue weighted by atomic mass is 16.5. The summed E-state index contributed by atoms with van der Waals surface area (Å²) in [6.07, 6.45) is 2.32. The zero-order valence-electron chi connectivity index (χ0n) is 17.1. The molecule has 1 fully saturated rings. The molecule has 2 aromatic carbocycles. The van der Waals surface area contributed by atoms with Gasteiger partial charge in [0.05, 0.1) is 12.7 Å². The van der Waals surface area contributed by atoms with Crippen LogP contribution < -0.4 is 10.2 Å². The van der Waals surface area contributed by atoms with E-state index in [1.165, 1.54) is 23.9 Å². The first-order chi connectivity index (χ1) is 13.5. The number of piperidine rings is 1. The van der Waals surface area contributed by atoms with Crippen molar-refractivity contribution in [3.8, 4) is 0 Å². The zero-order chi connectivity index (χ0) is 19.9. The summed E-state index contributed by atoms with van der Waals surface area (Å²) in [6.45, 7) is 4.03. The van der Waals surface area contributed by atoms with Crippen LogP contribution in [-0.4, -0.2) is 51.2 Å². The minimum atomic E-state index is -0.283. The van der Waals surface area contributed by atoms with E-state index in [1.807, 2.05) is 24.3 Å². The quantitative estimate of drug-likeness (QED) is 0.746. The number of esters is 1. The van der Waals surface area contributed by atoms with Crippen LogP contribution in [-0.2, 0) is 17.8 Å². The molecule has 0 bridgehead atoms. The lowest BCUT2D eigenvalue weighted by Crippen LogP contribution is -2.41. The second-order valence-corrected chi connectivity index (χ2v) is 7.68. The topological polar surface area (TPSA) is 44.8 Å². The fourth-order valence-corrected chi connectivity index (χ4v) is 3.62. The number of benzene rings is 2. The van der Waals surface area contributed by atoms with Crippen LogP contribution in [0.1, 0.15) is 34.3 Å². The first-order valence-corrected chi connectivity index (χ1v) is 9.94. The lowest BCUT2D eigenvalue weighted by Gasteiger charge is -2.32. The van der Waals surface area contributed by atoms with Gasteiger partial charge in [-0.1, -0.05) is 24.3 Å². The monoisotopic (exact) mass is 381 g/mol. The molecular formula is C23H31N3O2. The normalized spacial score (nSPS) is 15.4. The maximum Gasteiger partial charge on any atom is 0.337 e. The summed E-state index contributed by atoms with van der Waals surface area (Å²) in [6, 6.07) is 17.0. The summed E-state index contributed by atoms with van der Waals surface area (Å²) in [4.78, 5) is 16.1. The molecule has 1 N–H and O–H groups in total. The second kappa shape index (κ2) is 9.71. The van der Waals surface area contributed by atoms with Crippen molar-refractivity contribution in [2.75, 3.05) is 39.2 Å². The Kier molecular flexibility index (Phi) is 7.06. The number of carbonyl (C=O) groups is 1. The molecule has 3 rings (SSSR count). The predicted octanol–water partition coefficient (Wildman–Crippen LogP) is 3.29. The molecule has 5 nitrogen and oxygen atoms in total. The van der Waals surface area contributed by atoms with Crippen LogP contribution >= 0.6 is 0 Å². The maximum absolute atomic E-state index is 11.5. The van der Waals surface area contributed by atoms with Gasteiger partial charge in [-0.2, -0.15) is 0 Å². The molecular weight excluding hydrogens is 350 g/mol. The van der Waals surface area contributed by atoms with Gasteiger partial charge in [0.2, 0.25) is 0 Å². The van der Waals surface area contributed by atoms with E-state index in [9.17, 15) is 4.79 Å². The summed E-state index contributed by atoms with van der Waals surface area (Å²) < 4.78 is 4.75. The Labute approximate surface area is 168 Å². The number of carbonyl (C=O) groups excluding carboxylic acids is 1. The Hall–Kier alpha value is -2.37. The van der Waals surface area contributed by atoms with Crippen LogP contribution in [0.2, 0.25) is 0 Å². The van der Waals surface area contributed by atoms with Crippen molar-refractivity contribution in [2.45, 2.75) is 32.0 Å². The summed E-state index contributed by atoms with van der Waals surface area (Å²) in [5.74, 6) is -0.283. The average molecular weight is 382 g/mol. The summed E-state index contributed by atoms with van der Waals surface area (Å²) in [5.41, 5.74) is 4.42. The molecule has 0 unspecified atom stereocenters. The number of ether oxygens (including phenoxy) is 1. The Bertz CT molecular complexity index is 766. The number of nitrogens with zero attached hydrogens (tertiary/aromatic N) is 2. The highest BCUT2D eigenvalue weighted by Gasteiger charge is 2.19. The molecule has 0 saturated carbocycles. The summed E-state index contributed by atoms with van der Waals surface area (Å²) >= 11 is 0. The Morgan fingerprint density at radius 1 is 1.11 bits per heavy atom. The first kappa shape index (κ1) is 20.4. The van der Waals surface area contributed by atoms with Gasteiger partial charge in [0.1, 0.15) is 0 Å². The number of likely N-dealkylation sites (tertiary alicyclic amines) is 1. The van der Waals surface area contributed by atoms with Crippen LogP contribution in [0, 0.1) is 0 Å². The van der Waals surface area contributed by atoms with Crippen molar-refractivity contribution in [1.29, 1.82) is 0 Å². The van der Waals surface area contributed by atoms with E-state index in [0.29, 0.717) is 11.6 Å².